The smallest absolute Gasteiger partial charge is 0.344 e. The van der Waals surface area contributed by atoms with E-state index in [1.54, 1.807) is 0 Å². The fourth-order valence-corrected chi connectivity index (χ4v) is 5.62. The molecule has 1 aromatic carbocycles. The van der Waals surface area contributed by atoms with Crippen LogP contribution >= 0.6 is 0 Å². The third-order valence-corrected chi connectivity index (χ3v) is 8.19. The van der Waals surface area contributed by atoms with Gasteiger partial charge in [-0.3, -0.25) is 10.2 Å². The number of alkyl halides is 6. The first-order valence-electron chi connectivity index (χ1n) is 7.44. The Morgan fingerprint density at radius 3 is 1.72 bits per heavy atom. The topological polar surface area (TPSA) is 121 Å². The van der Waals surface area contributed by atoms with E-state index < -0.39 is 59.4 Å². The molecule has 0 saturated heterocycles. The van der Waals surface area contributed by atoms with Gasteiger partial charge in [0.15, 0.2) is 4.58 Å². The highest BCUT2D eigenvalue weighted by Crippen LogP contribution is 2.39. The van der Waals surface area contributed by atoms with Crippen LogP contribution in [0.1, 0.15) is 24.9 Å². The second kappa shape index (κ2) is 8.30. The maximum absolute atomic E-state index is 12.9. The minimum atomic E-state index is -6.85. The van der Waals surface area contributed by atoms with E-state index in [-0.39, 0.29) is 5.56 Å². The quantitative estimate of drug-likeness (QED) is 0.471. The molecule has 1 amide bonds. The summed E-state index contributed by atoms with van der Waals surface area (Å²) in [5, 5.41) is 9.06. The average Bonchev–Trinajstić information content (AvgIpc) is 2.56. The molecule has 15 heteroatoms. The van der Waals surface area contributed by atoms with Crippen LogP contribution < -0.4 is 5.32 Å². The Bertz CT molecular complexity index is 928. The summed E-state index contributed by atoms with van der Waals surface area (Å²) >= 11 is 0. The molecule has 2 N–H and O–H groups in total. The number of nitrogens with one attached hydrogen (secondary N) is 2. The third kappa shape index (κ3) is 5.46. The van der Waals surface area contributed by atoms with Crippen LogP contribution in [-0.4, -0.2) is 44.1 Å². The fourth-order valence-electron chi connectivity index (χ4n) is 2.14. The standard InChI is InChI=1S/C14H14F6N2O5S2/c1-8(21)12(23)22-10(9-5-3-2-4-6-9)7-11(28(24,25)13(15,16)17)29(26,27)14(18,19)20/h2-6,10-11,21H,7H2,1H3,(H,22,23). The van der Waals surface area contributed by atoms with Crippen molar-refractivity contribution in [3.63, 3.8) is 0 Å². The number of rotatable bonds is 7. The maximum Gasteiger partial charge on any atom is 0.498 e. The highest BCUT2D eigenvalue weighted by atomic mass is 32.3. The Morgan fingerprint density at radius 1 is 0.966 bits per heavy atom. The van der Waals surface area contributed by atoms with Crippen molar-refractivity contribution in [2.45, 2.75) is 35.0 Å². The Morgan fingerprint density at radius 2 is 1.38 bits per heavy atom. The second-order valence-electron chi connectivity index (χ2n) is 5.71. The highest BCUT2D eigenvalue weighted by molar-refractivity contribution is 8.09. The molecule has 0 bridgehead atoms. The Kier molecular flexibility index (Phi) is 7.12. The normalized spacial score (nSPS) is 14.5. The molecule has 164 valence electrons. The van der Waals surface area contributed by atoms with Crippen molar-refractivity contribution in [1.82, 2.24) is 5.32 Å². The van der Waals surface area contributed by atoms with Crippen LogP contribution in [0.2, 0.25) is 0 Å². The first kappa shape index (κ1) is 24.9. The molecule has 7 nitrogen and oxygen atoms in total. The molecule has 0 aliphatic rings. The molecule has 0 spiro atoms. The van der Waals surface area contributed by atoms with E-state index in [1.165, 1.54) is 18.2 Å². The third-order valence-electron chi connectivity index (χ3n) is 3.61. The average molecular weight is 468 g/mol. The van der Waals surface area contributed by atoms with E-state index in [1.807, 2.05) is 5.32 Å². The predicted octanol–water partition coefficient (Wildman–Crippen LogP) is 2.47. The van der Waals surface area contributed by atoms with E-state index in [9.17, 15) is 48.0 Å². The molecular weight excluding hydrogens is 454 g/mol. The molecule has 0 radical (unpaired) electrons. The van der Waals surface area contributed by atoms with E-state index in [0.29, 0.717) is 0 Å². The minimum Gasteiger partial charge on any atom is -0.344 e. The molecule has 0 aliphatic carbocycles. The number of carbonyl (C=O) groups is 1. The number of halogens is 6. The lowest BCUT2D eigenvalue weighted by molar-refractivity contribution is -0.115. The van der Waals surface area contributed by atoms with Crippen molar-refractivity contribution in [3.8, 4) is 0 Å². The molecule has 0 fully saturated rings. The summed E-state index contributed by atoms with van der Waals surface area (Å²) in [6.45, 7) is 0.952. The molecular formula is C14H14F6N2O5S2. The van der Waals surface area contributed by atoms with Crippen molar-refractivity contribution in [2.75, 3.05) is 0 Å². The fraction of sp³-hybridized carbons (Fsp3) is 0.429. The molecule has 0 heterocycles. The molecule has 1 aromatic rings. The summed E-state index contributed by atoms with van der Waals surface area (Å²) in [5.74, 6) is -1.24. The van der Waals surface area contributed by atoms with Gasteiger partial charge < -0.3 is 5.32 Å². The lowest BCUT2D eigenvalue weighted by Gasteiger charge is -2.26. The summed E-state index contributed by atoms with van der Waals surface area (Å²) in [4.78, 5) is 11.7. The van der Waals surface area contributed by atoms with Gasteiger partial charge in [0, 0.05) is 6.42 Å². The maximum atomic E-state index is 12.9. The number of amides is 1. The lowest BCUT2D eigenvalue weighted by Crippen LogP contribution is -2.47. The monoisotopic (exact) mass is 468 g/mol. The summed E-state index contributed by atoms with van der Waals surface area (Å²) < 4.78 is 120. The summed E-state index contributed by atoms with van der Waals surface area (Å²) in [5.41, 5.74) is -13.5. The summed E-state index contributed by atoms with van der Waals surface area (Å²) in [6.07, 6.45) is -1.78. The van der Waals surface area contributed by atoms with Gasteiger partial charge in [0.25, 0.3) is 25.6 Å². The van der Waals surface area contributed by atoms with E-state index in [4.69, 9.17) is 5.41 Å². The molecule has 1 atom stereocenters. The summed E-state index contributed by atoms with van der Waals surface area (Å²) in [7, 11) is -13.7. The van der Waals surface area contributed by atoms with Gasteiger partial charge in [-0.15, -0.1) is 0 Å². The van der Waals surface area contributed by atoms with Gasteiger partial charge in [-0.2, -0.15) is 26.3 Å². The van der Waals surface area contributed by atoms with E-state index in [0.717, 1.165) is 19.1 Å². The number of hydrogen-bond acceptors (Lipinski definition) is 6. The van der Waals surface area contributed by atoms with Crippen LogP contribution in [0.25, 0.3) is 0 Å². The Hall–Kier alpha value is -2.16. The van der Waals surface area contributed by atoms with Crippen LogP contribution in [0.3, 0.4) is 0 Å². The van der Waals surface area contributed by atoms with Gasteiger partial charge in [-0.1, -0.05) is 30.3 Å². The number of sulfone groups is 2. The van der Waals surface area contributed by atoms with Gasteiger partial charge in [-0.25, -0.2) is 16.8 Å². The van der Waals surface area contributed by atoms with Gasteiger partial charge in [0.1, 0.15) is 0 Å². The summed E-state index contributed by atoms with van der Waals surface area (Å²) in [6, 6.07) is 4.32. The van der Waals surface area contributed by atoms with Gasteiger partial charge in [0.05, 0.1) is 11.8 Å². The van der Waals surface area contributed by atoms with E-state index >= 15 is 0 Å². The van der Waals surface area contributed by atoms with Crippen LogP contribution in [0, 0.1) is 5.41 Å². The zero-order valence-corrected chi connectivity index (χ0v) is 16.0. The number of hydrogen-bond donors (Lipinski definition) is 2. The zero-order valence-electron chi connectivity index (χ0n) is 14.4. The highest BCUT2D eigenvalue weighted by Gasteiger charge is 2.63. The Balaban J connectivity index is 3.62. The van der Waals surface area contributed by atoms with Crippen LogP contribution in [0.4, 0.5) is 26.3 Å². The van der Waals surface area contributed by atoms with Crippen molar-refractivity contribution in [2.24, 2.45) is 0 Å². The molecule has 1 unspecified atom stereocenters. The van der Waals surface area contributed by atoms with Crippen molar-refractivity contribution < 1.29 is 48.0 Å². The largest absolute Gasteiger partial charge is 0.498 e. The molecule has 0 aliphatic heterocycles. The van der Waals surface area contributed by atoms with E-state index in [2.05, 4.69) is 0 Å². The van der Waals surface area contributed by atoms with Crippen molar-refractivity contribution in [3.05, 3.63) is 35.9 Å². The number of carbonyl (C=O) groups excluding carboxylic acids is 1. The van der Waals surface area contributed by atoms with Crippen LogP contribution in [0.15, 0.2) is 30.3 Å². The molecule has 0 aromatic heterocycles. The molecule has 0 saturated carbocycles. The zero-order chi connectivity index (χ0) is 22.8. The lowest BCUT2D eigenvalue weighted by atomic mass is 10.0. The number of benzene rings is 1. The van der Waals surface area contributed by atoms with Crippen LogP contribution in [0.5, 0.6) is 0 Å². The van der Waals surface area contributed by atoms with Gasteiger partial charge >= 0.3 is 11.0 Å². The Labute approximate surface area is 161 Å². The molecule has 29 heavy (non-hydrogen) atoms. The first-order chi connectivity index (χ1) is 12.9. The predicted molar refractivity (Wildman–Crippen MR) is 89.1 cm³/mol. The van der Waals surface area contributed by atoms with Crippen LogP contribution in [-0.2, 0) is 24.5 Å². The minimum absolute atomic E-state index is 0.165. The van der Waals surface area contributed by atoms with Crippen molar-refractivity contribution in [1.29, 1.82) is 5.41 Å². The SMILES string of the molecule is CC(=N)C(=O)NC(CC(S(=O)(=O)C(F)(F)F)S(=O)(=O)C(F)(F)F)c1ccccc1. The first-order valence-corrected chi connectivity index (χ1v) is 10.5. The molecule has 1 rings (SSSR count). The van der Waals surface area contributed by atoms with Gasteiger partial charge in [-0.05, 0) is 12.5 Å². The van der Waals surface area contributed by atoms with Crippen molar-refractivity contribution >= 4 is 31.3 Å². The van der Waals surface area contributed by atoms with Gasteiger partial charge in [0.2, 0.25) is 0 Å². The second-order valence-corrected chi connectivity index (χ2v) is 10.3.